The molecular formula is C6H9NO4. The average molecular weight is 159 g/mol. The summed E-state index contributed by atoms with van der Waals surface area (Å²) in [5.41, 5.74) is 0. The van der Waals surface area contributed by atoms with Crippen molar-refractivity contribution in [1.29, 1.82) is 0 Å². The number of hydrogen-bond acceptors (Lipinski definition) is 3. The van der Waals surface area contributed by atoms with Crippen molar-refractivity contribution in [2.45, 2.75) is 0 Å². The monoisotopic (exact) mass is 159 g/mol. The Labute approximate surface area is 63.7 Å². The highest BCUT2D eigenvalue weighted by Crippen LogP contribution is 1.73. The number of hydrogen-bond donors (Lipinski definition) is 2. The summed E-state index contributed by atoms with van der Waals surface area (Å²) in [6.07, 6.45) is 1.66. The van der Waals surface area contributed by atoms with Crippen molar-refractivity contribution in [2.75, 3.05) is 13.7 Å². The first-order valence-corrected chi connectivity index (χ1v) is 2.88. The molecule has 0 aromatic heterocycles. The van der Waals surface area contributed by atoms with Gasteiger partial charge < -0.3 is 15.2 Å². The van der Waals surface area contributed by atoms with Gasteiger partial charge in [-0.2, -0.15) is 0 Å². The van der Waals surface area contributed by atoms with Crippen molar-refractivity contribution >= 4 is 12.1 Å². The van der Waals surface area contributed by atoms with Crippen LogP contribution in [0.3, 0.4) is 0 Å². The number of ether oxygens (including phenoxy) is 1. The van der Waals surface area contributed by atoms with E-state index in [0.717, 1.165) is 6.08 Å². The highest BCUT2D eigenvalue weighted by Gasteiger charge is 1.92. The Hall–Kier alpha value is -1.52. The highest BCUT2D eigenvalue weighted by atomic mass is 16.5. The largest absolute Gasteiger partial charge is 0.478 e. The van der Waals surface area contributed by atoms with Crippen molar-refractivity contribution in [1.82, 2.24) is 5.32 Å². The average Bonchev–Trinajstić information content (AvgIpc) is 1.97. The molecule has 0 bridgehead atoms. The van der Waals surface area contributed by atoms with Crippen molar-refractivity contribution in [2.24, 2.45) is 0 Å². The van der Waals surface area contributed by atoms with Crippen molar-refractivity contribution in [3.8, 4) is 0 Å². The second-order valence-electron chi connectivity index (χ2n) is 1.61. The zero-order valence-electron chi connectivity index (χ0n) is 6.03. The molecule has 0 saturated heterocycles. The maximum Gasteiger partial charge on any atom is 0.407 e. The van der Waals surface area contributed by atoms with Crippen LogP contribution in [-0.2, 0) is 9.53 Å². The number of methoxy groups -OCH3 is 1. The summed E-state index contributed by atoms with van der Waals surface area (Å²) in [6, 6.07) is 0. The lowest BCUT2D eigenvalue weighted by molar-refractivity contribution is -0.131. The van der Waals surface area contributed by atoms with Gasteiger partial charge in [-0.25, -0.2) is 9.59 Å². The molecule has 0 heterocycles. The van der Waals surface area contributed by atoms with Crippen LogP contribution in [0.5, 0.6) is 0 Å². The van der Waals surface area contributed by atoms with Crippen LogP contribution in [0.15, 0.2) is 12.2 Å². The molecule has 5 heteroatoms. The van der Waals surface area contributed by atoms with Gasteiger partial charge in [0.15, 0.2) is 0 Å². The van der Waals surface area contributed by atoms with Gasteiger partial charge >= 0.3 is 12.1 Å². The topological polar surface area (TPSA) is 75.6 Å². The Morgan fingerprint density at radius 3 is 2.73 bits per heavy atom. The van der Waals surface area contributed by atoms with Gasteiger partial charge in [0, 0.05) is 12.6 Å². The lowest BCUT2D eigenvalue weighted by Gasteiger charge is -1.96. The number of carbonyl (C=O) groups excluding carboxylic acids is 1. The van der Waals surface area contributed by atoms with E-state index in [4.69, 9.17) is 5.11 Å². The van der Waals surface area contributed by atoms with Gasteiger partial charge in [-0.1, -0.05) is 6.08 Å². The van der Waals surface area contributed by atoms with E-state index in [1.54, 1.807) is 0 Å². The number of carbonyl (C=O) groups is 2. The number of carboxylic acid groups (broad SMARTS) is 1. The molecule has 0 saturated carbocycles. The number of alkyl carbamates (subject to hydrolysis) is 1. The SMILES string of the molecule is COC(=O)NC/C=C\C(=O)O. The van der Waals surface area contributed by atoms with Gasteiger partial charge in [0.1, 0.15) is 0 Å². The summed E-state index contributed by atoms with van der Waals surface area (Å²) < 4.78 is 4.23. The minimum absolute atomic E-state index is 0.152. The smallest absolute Gasteiger partial charge is 0.407 e. The molecule has 62 valence electrons. The first-order valence-electron chi connectivity index (χ1n) is 2.88. The van der Waals surface area contributed by atoms with E-state index < -0.39 is 12.1 Å². The zero-order chi connectivity index (χ0) is 8.69. The molecule has 5 nitrogen and oxygen atoms in total. The lowest BCUT2D eigenvalue weighted by atomic mass is 10.5. The third-order valence-corrected chi connectivity index (χ3v) is 0.810. The molecule has 2 N–H and O–H groups in total. The molecule has 0 aromatic carbocycles. The Morgan fingerprint density at radius 1 is 1.64 bits per heavy atom. The summed E-state index contributed by atoms with van der Waals surface area (Å²) in [6.45, 7) is 0.152. The van der Waals surface area contributed by atoms with Crippen molar-refractivity contribution in [3.05, 3.63) is 12.2 Å². The molecule has 0 unspecified atom stereocenters. The van der Waals surface area contributed by atoms with Crippen LogP contribution in [0.4, 0.5) is 4.79 Å². The summed E-state index contributed by atoms with van der Waals surface area (Å²) >= 11 is 0. The number of rotatable bonds is 3. The molecule has 0 radical (unpaired) electrons. The number of amides is 1. The molecule has 0 fully saturated rings. The third kappa shape index (κ3) is 6.36. The molecule has 0 spiro atoms. The Morgan fingerprint density at radius 2 is 2.27 bits per heavy atom. The van der Waals surface area contributed by atoms with Crippen LogP contribution in [-0.4, -0.2) is 30.8 Å². The summed E-state index contributed by atoms with van der Waals surface area (Å²) in [7, 11) is 1.23. The van der Waals surface area contributed by atoms with Crippen LogP contribution >= 0.6 is 0 Å². The summed E-state index contributed by atoms with van der Waals surface area (Å²) in [5, 5.41) is 10.4. The predicted octanol–water partition coefficient (Wildman–Crippen LogP) is -0.0168. The fourth-order valence-corrected chi connectivity index (χ4v) is 0.374. The maximum atomic E-state index is 10.3. The second-order valence-corrected chi connectivity index (χ2v) is 1.61. The van der Waals surface area contributed by atoms with Crippen LogP contribution in [0.25, 0.3) is 0 Å². The molecule has 0 rings (SSSR count). The van der Waals surface area contributed by atoms with Gasteiger partial charge in [-0.3, -0.25) is 0 Å². The minimum atomic E-state index is -1.04. The highest BCUT2D eigenvalue weighted by molar-refractivity contribution is 5.79. The standard InChI is InChI=1S/C6H9NO4/c1-11-6(10)7-4-2-3-5(8)9/h2-3H,4H2,1H3,(H,7,10)(H,8,9)/b3-2-. The van der Waals surface area contributed by atoms with E-state index in [0.29, 0.717) is 0 Å². The number of nitrogens with one attached hydrogen (secondary N) is 1. The summed E-state index contributed by atoms with van der Waals surface area (Å²) in [5.74, 6) is -1.04. The minimum Gasteiger partial charge on any atom is -0.478 e. The van der Waals surface area contributed by atoms with E-state index in [9.17, 15) is 9.59 Å². The van der Waals surface area contributed by atoms with E-state index in [1.165, 1.54) is 13.2 Å². The van der Waals surface area contributed by atoms with E-state index in [2.05, 4.69) is 10.1 Å². The fourth-order valence-electron chi connectivity index (χ4n) is 0.374. The number of aliphatic carboxylic acids is 1. The fraction of sp³-hybridized carbons (Fsp3) is 0.333. The van der Waals surface area contributed by atoms with Gasteiger partial charge in [-0.05, 0) is 0 Å². The Bertz CT molecular complexity index is 175. The molecular weight excluding hydrogens is 150 g/mol. The molecule has 0 aromatic rings. The van der Waals surface area contributed by atoms with Crippen LogP contribution in [0.2, 0.25) is 0 Å². The maximum absolute atomic E-state index is 10.3. The molecule has 0 atom stereocenters. The Kier molecular flexibility index (Phi) is 4.55. The predicted molar refractivity (Wildman–Crippen MR) is 37.2 cm³/mol. The quantitative estimate of drug-likeness (QED) is 0.567. The van der Waals surface area contributed by atoms with Gasteiger partial charge in [-0.15, -0.1) is 0 Å². The third-order valence-electron chi connectivity index (χ3n) is 0.810. The zero-order valence-corrected chi connectivity index (χ0v) is 6.03. The molecule has 0 aliphatic heterocycles. The van der Waals surface area contributed by atoms with E-state index in [1.807, 2.05) is 0 Å². The van der Waals surface area contributed by atoms with Crippen LogP contribution in [0.1, 0.15) is 0 Å². The van der Waals surface area contributed by atoms with Gasteiger partial charge in [0.05, 0.1) is 7.11 Å². The normalized spacial score (nSPS) is 9.55. The molecule has 1 amide bonds. The van der Waals surface area contributed by atoms with Crippen LogP contribution < -0.4 is 5.32 Å². The number of carboxylic acids is 1. The lowest BCUT2D eigenvalue weighted by Crippen LogP contribution is -2.22. The molecule has 11 heavy (non-hydrogen) atoms. The molecule has 0 aliphatic carbocycles. The van der Waals surface area contributed by atoms with E-state index in [-0.39, 0.29) is 6.54 Å². The van der Waals surface area contributed by atoms with Crippen LogP contribution in [0, 0.1) is 0 Å². The second kappa shape index (κ2) is 5.28. The van der Waals surface area contributed by atoms with Crippen molar-refractivity contribution < 1.29 is 19.4 Å². The summed E-state index contributed by atoms with van der Waals surface area (Å²) in [4.78, 5) is 20.2. The Balaban J connectivity index is 3.41. The molecule has 0 aliphatic rings. The van der Waals surface area contributed by atoms with Crippen molar-refractivity contribution in [3.63, 3.8) is 0 Å². The van der Waals surface area contributed by atoms with Gasteiger partial charge in [0.25, 0.3) is 0 Å². The van der Waals surface area contributed by atoms with Gasteiger partial charge in [0.2, 0.25) is 0 Å². The first kappa shape index (κ1) is 9.48. The van der Waals surface area contributed by atoms with E-state index >= 15 is 0 Å². The first-order chi connectivity index (χ1) is 5.16.